The van der Waals surface area contributed by atoms with Gasteiger partial charge in [-0.1, -0.05) is 35.0 Å². The number of amides is 1. The van der Waals surface area contributed by atoms with Gasteiger partial charge in [0, 0.05) is 29.3 Å². The molecule has 21 heavy (non-hydrogen) atoms. The number of aryl methyl sites for hydroxylation is 1. The number of halogens is 1. The standard InChI is InChI=1S/C16H18BrN3O/c1-3-14-8-12(9-15(18-2)20-14)16(21)19-10-11-5-4-6-13(17)7-11/h4-9H,3,10H2,1-2H3,(H,18,20)(H,19,21). The summed E-state index contributed by atoms with van der Waals surface area (Å²) in [6.45, 7) is 2.52. The van der Waals surface area contributed by atoms with Crippen molar-refractivity contribution < 1.29 is 4.79 Å². The molecule has 0 aliphatic rings. The van der Waals surface area contributed by atoms with Gasteiger partial charge >= 0.3 is 0 Å². The number of aromatic nitrogens is 1. The molecule has 1 heterocycles. The van der Waals surface area contributed by atoms with Crippen LogP contribution in [0.3, 0.4) is 0 Å². The minimum absolute atomic E-state index is 0.0939. The molecule has 5 heteroatoms. The average Bonchev–Trinajstić information content (AvgIpc) is 2.52. The summed E-state index contributed by atoms with van der Waals surface area (Å²) in [6.07, 6.45) is 0.793. The van der Waals surface area contributed by atoms with Gasteiger partial charge in [-0.15, -0.1) is 0 Å². The second-order valence-corrected chi connectivity index (χ2v) is 5.56. The largest absolute Gasteiger partial charge is 0.373 e. The van der Waals surface area contributed by atoms with Gasteiger partial charge in [0.1, 0.15) is 5.82 Å². The van der Waals surface area contributed by atoms with Crippen molar-refractivity contribution in [1.29, 1.82) is 0 Å². The number of carbonyl (C=O) groups excluding carboxylic acids is 1. The SMILES string of the molecule is CCc1cc(C(=O)NCc2cccc(Br)c2)cc(NC)n1. The van der Waals surface area contributed by atoms with Crippen LogP contribution in [0.5, 0.6) is 0 Å². The molecule has 1 aromatic heterocycles. The van der Waals surface area contributed by atoms with Crippen molar-refractivity contribution in [3.05, 3.63) is 57.7 Å². The lowest BCUT2D eigenvalue weighted by atomic mass is 10.1. The summed E-state index contributed by atoms with van der Waals surface area (Å²) >= 11 is 3.42. The lowest BCUT2D eigenvalue weighted by Crippen LogP contribution is -2.23. The van der Waals surface area contributed by atoms with Crippen molar-refractivity contribution in [2.75, 3.05) is 12.4 Å². The Morgan fingerprint density at radius 2 is 2.10 bits per heavy atom. The van der Waals surface area contributed by atoms with E-state index in [2.05, 4.69) is 31.5 Å². The van der Waals surface area contributed by atoms with E-state index in [4.69, 9.17) is 0 Å². The van der Waals surface area contributed by atoms with Crippen LogP contribution in [0.25, 0.3) is 0 Å². The minimum atomic E-state index is -0.0939. The predicted molar refractivity (Wildman–Crippen MR) is 88.5 cm³/mol. The predicted octanol–water partition coefficient (Wildman–Crippen LogP) is 3.38. The number of pyridine rings is 1. The zero-order valence-electron chi connectivity index (χ0n) is 12.1. The average molecular weight is 348 g/mol. The number of nitrogens with zero attached hydrogens (tertiary/aromatic N) is 1. The summed E-state index contributed by atoms with van der Waals surface area (Å²) in [5, 5.41) is 5.91. The maximum absolute atomic E-state index is 12.3. The highest BCUT2D eigenvalue weighted by atomic mass is 79.9. The van der Waals surface area contributed by atoms with Crippen LogP contribution < -0.4 is 10.6 Å². The molecule has 2 aromatic rings. The van der Waals surface area contributed by atoms with Gasteiger partial charge in [-0.3, -0.25) is 4.79 Å². The van der Waals surface area contributed by atoms with Crippen LogP contribution in [0.1, 0.15) is 28.5 Å². The van der Waals surface area contributed by atoms with E-state index < -0.39 is 0 Å². The van der Waals surface area contributed by atoms with Gasteiger partial charge < -0.3 is 10.6 Å². The molecule has 0 bridgehead atoms. The number of hydrogen-bond donors (Lipinski definition) is 2. The Hall–Kier alpha value is -1.88. The summed E-state index contributed by atoms with van der Waals surface area (Å²) in [4.78, 5) is 16.6. The first-order valence-electron chi connectivity index (χ1n) is 6.83. The van der Waals surface area contributed by atoms with Gasteiger partial charge in [-0.25, -0.2) is 4.98 Å². The highest BCUT2D eigenvalue weighted by Crippen LogP contribution is 2.13. The Labute approximate surface area is 133 Å². The summed E-state index contributed by atoms with van der Waals surface area (Å²) in [6, 6.07) is 11.5. The molecule has 0 saturated carbocycles. The van der Waals surface area contributed by atoms with Crippen molar-refractivity contribution in [3.8, 4) is 0 Å². The number of hydrogen-bond acceptors (Lipinski definition) is 3. The van der Waals surface area contributed by atoms with E-state index in [1.54, 1.807) is 13.1 Å². The Morgan fingerprint density at radius 1 is 1.29 bits per heavy atom. The van der Waals surface area contributed by atoms with Gasteiger partial charge in [-0.2, -0.15) is 0 Å². The van der Waals surface area contributed by atoms with E-state index in [1.807, 2.05) is 37.3 Å². The molecule has 0 fully saturated rings. The van der Waals surface area contributed by atoms with Crippen molar-refractivity contribution in [2.24, 2.45) is 0 Å². The molecular formula is C16H18BrN3O. The van der Waals surface area contributed by atoms with Gasteiger partial charge in [0.25, 0.3) is 5.91 Å². The Kier molecular flexibility index (Phi) is 5.33. The number of benzene rings is 1. The van der Waals surface area contributed by atoms with Crippen LogP contribution >= 0.6 is 15.9 Å². The van der Waals surface area contributed by atoms with Crippen LogP contribution in [0.4, 0.5) is 5.82 Å². The van der Waals surface area contributed by atoms with E-state index in [-0.39, 0.29) is 5.91 Å². The lowest BCUT2D eigenvalue weighted by molar-refractivity contribution is 0.0950. The Bertz CT molecular complexity index is 621. The molecule has 0 atom stereocenters. The third kappa shape index (κ3) is 4.29. The second kappa shape index (κ2) is 7.22. The number of anilines is 1. The molecule has 0 aliphatic carbocycles. The van der Waals surface area contributed by atoms with Gasteiger partial charge in [-0.05, 0) is 36.2 Å². The number of nitrogens with one attached hydrogen (secondary N) is 2. The maximum atomic E-state index is 12.3. The van der Waals surface area contributed by atoms with Crippen molar-refractivity contribution in [2.45, 2.75) is 19.9 Å². The topological polar surface area (TPSA) is 54.0 Å². The van der Waals surface area contributed by atoms with Crippen LogP contribution in [-0.4, -0.2) is 17.9 Å². The minimum Gasteiger partial charge on any atom is -0.373 e. The second-order valence-electron chi connectivity index (χ2n) is 4.65. The molecule has 0 radical (unpaired) electrons. The molecule has 2 N–H and O–H groups in total. The molecule has 0 aliphatic heterocycles. The molecule has 4 nitrogen and oxygen atoms in total. The Morgan fingerprint density at radius 3 is 2.76 bits per heavy atom. The van der Waals surface area contributed by atoms with E-state index >= 15 is 0 Å². The number of rotatable bonds is 5. The third-order valence-corrected chi connectivity index (χ3v) is 3.59. The summed E-state index contributed by atoms with van der Waals surface area (Å²) in [5.74, 6) is 0.616. The fraction of sp³-hybridized carbons (Fsp3) is 0.250. The fourth-order valence-electron chi connectivity index (χ4n) is 1.96. The molecule has 110 valence electrons. The fourth-order valence-corrected chi connectivity index (χ4v) is 2.41. The van der Waals surface area contributed by atoms with E-state index in [9.17, 15) is 4.79 Å². The summed E-state index contributed by atoms with van der Waals surface area (Å²) in [5.41, 5.74) is 2.58. The van der Waals surface area contributed by atoms with Gasteiger partial charge in [0.05, 0.1) is 0 Å². The summed E-state index contributed by atoms with van der Waals surface area (Å²) in [7, 11) is 1.80. The van der Waals surface area contributed by atoms with Crippen LogP contribution in [0.15, 0.2) is 40.9 Å². The molecular weight excluding hydrogens is 330 g/mol. The van der Waals surface area contributed by atoms with Gasteiger partial charge in [0.2, 0.25) is 0 Å². The van der Waals surface area contributed by atoms with Crippen LogP contribution in [0.2, 0.25) is 0 Å². The zero-order valence-corrected chi connectivity index (χ0v) is 13.7. The zero-order chi connectivity index (χ0) is 15.2. The number of carbonyl (C=O) groups is 1. The van der Waals surface area contributed by atoms with Crippen molar-refractivity contribution in [1.82, 2.24) is 10.3 Å². The summed E-state index contributed by atoms with van der Waals surface area (Å²) < 4.78 is 1.00. The van der Waals surface area contributed by atoms with Gasteiger partial charge in [0.15, 0.2) is 0 Å². The Balaban J connectivity index is 2.09. The molecule has 1 amide bonds. The maximum Gasteiger partial charge on any atom is 0.251 e. The van der Waals surface area contributed by atoms with Crippen molar-refractivity contribution >= 4 is 27.7 Å². The molecule has 1 aromatic carbocycles. The van der Waals surface area contributed by atoms with Crippen LogP contribution in [-0.2, 0) is 13.0 Å². The normalized spacial score (nSPS) is 10.2. The van der Waals surface area contributed by atoms with Crippen molar-refractivity contribution in [3.63, 3.8) is 0 Å². The monoisotopic (exact) mass is 347 g/mol. The third-order valence-electron chi connectivity index (χ3n) is 3.10. The molecule has 0 spiro atoms. The smallest absolute Gasteiger partial charge is 0.251 e. The lowest BCUT2D eigenvalue weighted by Gasteiger charge is -2.09. The quantitative estimate of drug-likeness (QED) is 0.871. The van der Waals surface area contributed by atoms with E-state index in [1.165, 1.54) is 0 Å². The highest BCUT2D eigenvalue weighted by Gasteiger charge is 2.09. The van der Waals surface area contributed by atoms with E-state index in [0.717, 1.165) is 22.2 Å². The van der Waals surface area contributed by atoms with E-state index in [0.29, 0.717) is 17.9 Å². The first kappa shape index (κ1) is 15.5. The molecule has 0 unspecified atom stereocenters. The highest BCUT2D eigenvalue weighted by molar-refractivity contribution is 9.10. The molecule has 0 saturated heterocycles. The first-order valence-corrected chi connectivity index (χ1v) is 7.63. The van der Waals surface area contributed by atoms with Crippen LogP contribution in [0, 0.1) is 0 Å². The molecule has 2 rings (SSSR count). The first-order chi connectivity index (χ1) is 10.1.